The average molecular weight is 153 g/mol. The quantitative estimate of drug-likeness (QED) is 0.444. The lowest BCUT2D eigenvalue weighted by Gasteiger charge is -2.07. The van der Waals surface area contributed by atoms with Gasteiger partial charge in [-0.15, -0.1) is 0 Å². The first-order valence-corrected chi connectivity index (χ1v) is 3.31. The minimum Gasteiger partial charge on any atom is -0.472 e. The molecular weight excluding hydrogens is 144 g/mol. The summed E-state index contributed by atoms with van der Waals surface area (Å²) in [5, 5.41) is 0. The molecular formula is C5H9ClOS. The zero-order chi connectivity index (χ0) is 6.57. The van der Waals surface area contributed by atoms with Crippen molar-refractivity contribution >= 4 is 28.3 Å². The topological polar surface area (TPSA) is 9.23 Å². The molecule has 0 radical (unpaired) electrons. The van der Waals surface area contributed by atoms with E-state index in [9.17, 15) is 0 Å². The van der Waals surface area contributed by atoms with Gasteiger partial charge in [-0.1, -0.05) is 6.92 Å². The summed E-state index contributed by atoms with van der Waals surface area (Å²) in [6, 6.07) is 0. The van der Waals surface area contributed by atoms with Crippen LogP contribution in [0.1, 0.15) is 20.3 Å². The van der Waals surface area contributed by atoms with Gasteiger partial charge < -0.3 is 4.74 Å². The summed E-state index contributed by atoms with van der Waals surface area (Å²) >= 11 is 9.74. The van der Waals surface area contributed by atoms with Crippen LogP contribution in [0.2, 0.25) is 0 Å². The van der Waals surface area contributed by atoms with E-state index in [1.165, 1.54) is 0 Å². The van der Waals surface area contributed by atoms with Crippen LogP contribution in [0, 0.1) is 0 Å². The molecule has 0 bridgehead atoms. The fraction of sp³-hybridized carbons (Fsp3) is 0.800. The largest absolute Gasteiger partial charge is 0.472 e. The van der Waals surface area contributed by atoms with Gasteiger partial charge in [-0.3, -0.25) is 0 Å². The van der Waals surface area contributed by atoms with Gasteiger partial charge in [-0.2, -0.15) is 0 Å². The fourth-order valence-electron chi connectivity index (χ4n) is 0.242. The van der Waals surface area contributed by atoms with Crippen molar-refractivity contribution in [1.29, 1.82) is 0 Å². The van der Waals surface area contributed by atoms with E-state index in [2.05, 4.69) is 12.2 Å². The highest BCUT2D eigenvalue weighted by Gasteiger charge is 1.98. The highest BCUT2D eigenvalue weighted by molar-refractivity contribution is 7.82. The van der Waals surface area contributed by atoms with Crippen molar-refractivity contribution in [2.24, 2.45) is 0 Å². The van der Waals surface area contributed by atoms with Gasteiger partial charge in [0, 0.05) is 0 Å². The number of thiocarbonyl (C=S) groups is 1. The molecule has 0 saturated heterocycles. The van der Waals surface area contributed by atoms with Crippen LogP contribution < -0.4 is 0 Å². The van der Waals surface area contributed by atoms with Gasteiger partial charge >= 0.3 is 0 Å². The lowest BCUT2D eigenvalue weighted by Crippen LogP contribution is -2.06. The molecule has 8 heavy (non-hydrogen) atoms. The Kier molecular flexibility index (Phi) is 4.19. The van der Waals surface area contributed by atoms with Crippen molar-refractivity contribution in [1.82, 2.24) is 0 Å². The van der Waals surface area contributed by atoms with Crippen molar-refractivity contribution < 1.29 is 4.74 Å². The first-order valence-electron chi connectivity index (χ1n) is 2.53. The lowest BCUT2D eigenvalue weighted by atomic mass is 10.3. The zero-order valence-electron chi connectivity index (χ0n) is 4.98. The maximum atomic E-state index is 5.26. The van der Waals surface area contributed by atoms with Crippen molar-refractivity contribution in [3.63, 3.8) is 0 Å². The molecule has 0 aromatic heterocycles. The van der Waals surface area contributed by atoms with Gasteiger partial charge in [0.15, 0.2) is 0 Å². The predicted molar refractivity (Wildman–Crippen MR) is 39.3 cm³/mol. The van der Waals surface area contributed by atoms with Gasteiger partial charge in [-0.05, 0) is 37.2 Å². The molecule has 0 aromatic carbocycles. The molecule has 0 spiro atoms. The Bertz CT molecular complexity index is 84.5. The van der Waals surface area contributed by atoms with E-state index < -0.39 is 0 Å². The third-order valence-corrected chi connectivity index (χ3v) is 1.05. The second-order valence-corrected chi connectivity index (χ2v) is 2.51. The first kappa shape index (κ1) is 8.18. The number of hydrogen-bond acceptors (Lipinski definition) is 2. The summed E-state index contributed by atoms with van der Waals surface area (Å²) in [4.78, 5) is 0. The molecule has 0 amide bonds. The molecule has 1 nitrogen and oxygen atoms in total. The summed E-state index contributed by atoms with van der Waals surface area (Å²) in [6.45, 7) is 3.94. The third kappa shape index (κ3) is 4.34. The Morgan fingerprint density at radius 2 is 2.38 bits per heavy atom. The normalized spacial score (nSPS) is 12.9. The van der Waals surface area contributed by atoms with Crippen LogP contribution in [0.5, 0.6) is 0 Å². The van der Waals surface area contributed by atoms with Crippen molar-refractivity contribution in [3.05, 3.63) is 0 Å². The second-order valence-electron chi connectivity index (χ2n) is 1.57. The van der Waals surface area contributed by atoms with E-state index in [1.54, 1.807) is 0 Å². The van der Waals surface area contributed by atoms with Crippen LogP contribution in [0.25, 0.3) is 0 Å². The third-order valence-electron chi connectivity index (χ3n) is 0.869. The molecule has 0 aromatic rings. The fourth-order valence-corrected chi connectivity index (χ4v) is 0.558. The molecule has 0 aliphatic heterocycles. The van der Waals surface area contributed by atoms with Crippen LogP contribution in [0.15, 0.2) is 0 Å². The standard InChI is InChI=1S/C5H9ClOS/c1-3-4(2)7-5(6)8/h4H,3H2,1-2H3. The number of halogens is 1. The van der Waals surface area contributed by atoms with E-state index in [0.29, 0.717) is 0 Å². The van der Waals surface area contributed by atoms with E-state index in [1.807, 2.05) is 13.8 Å². The number of hydrogen-bond donors (Lipinski definition) is 0. The monoisotopic (exact) mass is 152 g/mol. The molecule has 1 unspecified atom stereocenters. The molecule has 3 heteroatoms. The van der Waals surface area contributed by atoms with E-state index in [-0.39, 0.29) is 10.6 Å². The van der Waals surface area contributed by atoms with Gasteiger partial charge in [0.1, 0.15) is 0 Å². The molecule has 0 fully saturated rings. The minimum absolute atomic E-state index is 0.111. The van der Waals surface area contributed by atoms with Gasteiger partial charge in [0.2, 0.25) is 0 Å². The SMILES string of the molecule is CCC(C)OC(=S)Cl. The summed E-state index contributed by atoms with van der Waals surface area (Å²) < 4.78 is 5.01. The smallest absolute Gasteiger partial charge is 0.255 e. The van der Waals surface area contributed by atoms with Crippen molar-refractivity contribution in [2.45, 2.75) is 26.4 Å². The molecule has 0 saturated carbocycles. The lowest BCUT2D eigenvalue weighted by molar-refractivity contribution is 0.216. The van der Waals surface area contributed by atoms with Gasteiger partial charge in [0.25, 0.3) is 4.51 Å². The van der Waals surface area contributed by atoms with Crippen LogP contribution in [0.4, 0.5) is 0 Å². The molecule has 0 heterocycles. The van der Waals surface area contributed by atoms with E-state index in [0.717, 1.165) is 6.42 Å². The summed E-state index contributed by atoms with van der Waals surface area (Å²) in [5.74, 6) is 0. The first-order chi connectivity index (χ1) is 3.66. The Morgan fingerprint density at radius 1 is 1.88 bits per heavy atom. The molecule has 1 atom stereocenters. The van der Waals surface area contributed by atoms with Crippen LogP contribution in [0.3, 0.4) is 0 Å². The summed E-state index contributed by atoms with van der Waals surface area (Å²) in [5.41, 5.74) is 0. The van der Waals surface area contributed by atoms with E-state index >= 15 is 0 Å². The second kappa shape index (κ2) is 4.10. The Morgan fingerprint density at radius 3 is 2.50 bits per heavy atom. The Hall–Kier alpha value is 0.180. The Labute approximate surface area is 60.0 Å². The van der Waals surface area contributed by atoms with Crippen LogP contribution >= 0.6 is 23.8 Å². The molecule has 0 N–H and O–H groups in total. The minimum atomic E-state index is 0.111. The summed E-state index contributed by atoms with van der Waals surface area (Å²) in [7, 11) is 0. The predicted octanol–water partition coefficient (Wildman–Crippen LogP) is 2.33. The van der Waals surface area contributed by atoms with Crippen molar-refractivity contribution in [2.75, 3.05) is 0 Å². The molecule has 0 rings (SSSR count). The van der Waals surface area contributed by atoms with Gasteiger partial charge in [0.05, 0.1) is 6.10 Å². The molecule has 0 aliphatic rings. The van der Waals surface area contributed by atoms with Crippen LogP contribution in [-0.4, -0.2) is 10.6 Å². The maximum absolute atomic E-state index is 5.26. The molecule has 48 valence electrons. The number of ether oxygens (including phenoxy) is 1. The highest BCUT2D eigenvalue weighted by Crippen LogP contribution is 1.99. The summed E-state index contributed by atoms with van der Waals surface area (Å²) in [6.07, 6.45) is 1.09. The zero-order valence-corrected chi connectivity index (χ0v) is 6.55. The average Bonchev–Trinajstić information content (AvgIpc) is 1.65. The maximum Gasteiger partial charge on any atom is 0.255 e. The Balaban J connectivity index is 3.24. The molecule has 0 aliphatic carbocycles. The van der Waals surface area contributed by atoms with Crippen LogP contribution in [-0.2, 0) is 4.74 Å². The van der Waals surface area contributed by atoms with Gasteiger partial charge in [-0.25, -0.2) is 0 Å². The van der Waals surface area contributed by atoms with Crippen molar-refractivity contribution in [3.8, 4) is 0 Å². The van der Waals surface area contributed by atoms with E-state index in [4.69, 9.17) is 16.3 Å². The highest BCUT2D eigenvalue weighted by atomic mass is 35.5. The number of rotatable bonds is 2.